The molecule has 1 fully saturated rings. The summed E-state index contributed by atoms with van der Waals surface area (Å²) in [6.45, 7) is 7.72. The van der Waals surface area contributed by atoms with Gasteiger partial charge in [0, 0.05) is 13.1 Å². The molecule has 1 heterocycles. The van der Waals surface area contributed by atoms with Gasteiger partial charge in [-0.3, -0.25) is 0 Å². The van der Waals surface area contributed by atoms with E-state index in [0.29, 0.717) is 6.04 Å². The highest BCUT2D eigenvalue weighted by atomic mass is 32.1. The van der Waals surface area contributed by atoms with Crippen molar-refractivity contribution in [3.8, 4) is 0 Å². The minimum Gasteiger partial charge on any atom is -0.359 e. The Hall–Kier alpha value is -1.87. The third kappa shape index (κ3) is 3.00. The fourth-order valence-corrected chi connectivity index (χ4v) is 3.49. The van der Waals surface area contributed by atoms with Gasteiger partial charge in [-0.1, -0.05) is 54.6 Å². The van der Waals surface area contributed by atoms with Crippen molar-refractivity contribution in [1.29, 1.82) is 0 Å². The monoisotopic (exact) mass is 310 g/mol. The van der Waals surface area contributed by atoms with E-state index in [4.69, 9.17) is 12.2 Å². The lowest BCUT2D eigenvalue weighted by Gasteiger charge is -2.29. The zero-order valence-electron chi connectivity index (χ0n) is 13.0. The highest BCUT2D eigenvalue weighted by molar-refractivity contribution is 7.80. The summed E-state index contributed by atoms with van der Waals surface area (Å²) in [5, 5.41) is 6.81. The number of thiocarbonyl (C=S) groups is 1. The minimum absolute atomic E-state index is 0.372. The minimum atomic E-state index is 0.372. The van der Waals surface area contributed by atoms with Crippen LogP contribution in [0.2, 0.25) is 0 Å². The average Bonchev–Trinajstić information content (AvgIpc) is 3.01. The summed E-state index contributed by atoms with van der Waals surface area (Å²) in [5.74, 6) is 0. The molecule has 0 aromatic heterocycles. The second kappa shape index (κ2) is 6.49. The molecule has 0 unspecified atom stereocenters. The zero-order chi connectivity index (χ0) is 15.5. The largest absolute Gasteiger partial charge is 0.359 e. The van der Waals surface area contributed by atoms with Crippen molar-refractivity contribution in [3.05, 3.63) is 60.2 Å². The maximum Gasteiger partial charge on any atom is 0.169 e. The summed E-state index contributed by atoms with van der Waals surface area (Å²) in [6.07, 6.45) is 2.34. The van der Waals surface area contributed by atoms with E-state index in [0.717, 1.165) is 30.2 Å². The molecular weight excluding hydrogens is 288 g/mol. The maximum absolute atomic E-state index is 5.61. The van der Waals surface area contributed by atoms with Crippen molar-refractivity contribution in [3.63, 3.8) is 0 Å². The third-order valence-corrected chi connectivity index (χ3v) is 4.62. The number of nitrogens with one attached hydrogen (secondary N) is 1. The van der Waals surface area contributed by atoms with E-state index < -0.39 is 0 Å². The lowest BCUT2D eigenvalue weighted by atomic mass is 9.97. The normalized spacial score (nSPS) is 17.7. The summed E-state index contributed by atoms with van der Waals surface area (Å²) < 4.78 is 0. The topological polar surface area (TPSA) is 15.3 Å². The van der Waals surface area contributed by atoms with Crippen LogP contribution in [-0.4, -0.2) is 23.1 Å². The van der Waals surface area contributed by atoms with Crippen LogP contribution in [0, 0.1) is 0 Å². The molecule has 1 N–H and O–H groups in total. The molecule has 0 radical (unpaired) electrons. The third-order valence-electron chi connectivity index (χ3n) is 4.24. The van der Waals surface area contributed by atoms with Gasteiger partial charge in [-0.15, -0.1) is 0 Å². The van der Waals surface area contributed by atoms with Crippen molar-refractivity contribution in [1.82, 2.24) is 10.2 Å². The molecule has 0 amide bonds. The van der Waals surface area contributed by atoms with E-state index >= 15 is 0 Å². The summed E-state index contributed by atoms with van der Waals surface area (Å²) in [6, 6.07) is 15.5. The first-order valence-electron chi connectivity index (χ1n) is 7.83. The van der Waals surface area contributed by atoms with Gasteiger partial charge < -0.3 is 10.2 Å². The average molecular weight is 310 g/mol. The zero-order valence-corrected chi connectivity index (χ0v) is 13.8. The molecule has 3 heteroatoms. The Kier molecular flexibility index (Phi) is 4.44. The van der Waals surface area contributed by atoms with Crippen molar-refractivity contribution in [2.24, 2.45) is 0 Å². The van der Waals surface area contributed by atoms with Crippen LogP contribution in [0.15, 0.2) is 54.6 Å². The van der Waals surface area contributed by atoms with Gasteiger partial charge >= 0.3 is 0 Å². The van der Waals surface area contributed by atoms with Crippen LogP contribution in [0.1, 0.15) is 31.4 Å². The summed E-state index contributed by atoms with van der Waals surface area (Å²) in [4.78, 5) is 2.33. The molecule has 0 aliphatic carbocycles. The molecule has 0 bridgehead atoms. The van der Waals surface area contributed by atoms with Crippen molar-refractivity contribution in [2.45, 2.75) is 25.8 Å². The first-order chi connectivity index (χ1) is 10.7. The van der Waals surface area contributed by atoms with Gasteiger partial charge in [-0.2, -0.15) is 0 Å². The van der Waals surface area contributed by atoms with Crippen LogP contribution in [-0.2, 0) is 0 Å². The Morgan fingerprint density at radius 3 is 2.86 bits per heavy atom. The Morgan fingerprint density at radius 2 is 2.05 bits per heavy atom. The van der Waals surface area contributed by atoms with Crippen LogP contribution in [0.5, 0.6) is 0 Å². The summed E-state index contributed by atoms with van der Waals surface area (Å²) in [7, 11) is 0. The van der Waals surface area contributed by atoms with Crippen LogP contribution >= 0.6 is 12.2 Å². The van der Waals surface area contributed by atoms with Gasteiger partial charge in [0.2, 0.25) is 0 Å². The van der Waals surface area contributed by atoms with Gasteiger partial charge in [-0.25, -0.2) is 0 Å². The fourth-order valence-electron chi connectivity index (χ4n) is 3.20. The molecule has 2 aromatic rings. The standard InChI is InChI=1S/C19H22N2S/c1-14(2)13-20-19(22)21-12-6-11-18(21)17-10-5-8-15-7-3-4-9-16(15)17/h3-5,7-10,18H,1,6,11-13H2,2H3,(H,20,22)/t18-/m0/s1. The van der Waals surface area contributed by atoms with E-state index in [9.17, 15) is 0 Å². The second-order valence-corrected chi connectivity index (χ2v) is 6.42. The molecule has 2 nitrogen and oxygen atoms in total. The number of benzene rings is 2. The number of nitrogens with zero attached hydrogens (tertiary/aromatic N) is 1. The molecule has 3 rings (SSSR count). The highest BCUT2D eigenvalue weighted by Gasteiger charge is 2.28. The van der Waals surface area contributed by atoms with Crippen molar-refractivity contribution in [2.75, 3.05) is 13.1 Å². The SMILES string of the molecule is C=C(C)CNC(=S)N1CCC[C@H]1c1cccc2ccccc12. The second-order valence-electron chi connectivity index (χ2n) is 6.04. The Morgan fingerprint density at radius 1 is 1.27 bits per heavy atom. The van der Waals surface area contributed by atoms with E-state index in [1.807, 2.05) is 6.92 Å². The smallest absolute Gasteiger partial charge is 0.169 e. The molecule has 1 aliphatic heterocycles. The van der Waals surface area contributed by atoms with E-state index in [1.54, 1.807) is 0 Å². The van der Waals surface area contributed by atoms with Gasteiger partial charge in [-0.05, 0) is 48.3 Å². The first-order valence-corrected chi connectivity index (χ1v) is 8.24. The number of hydrogen-bond donors (Lipinski definition) is 1. The molecule has 1 aliphatic rings. The van der Waals surface area contributed by atoms with Crippen molar-refractivity contribution >= 4 is 28.1 Å². The highest BCUT2D eigenvalue weighted by Crippen LogP contribution is 2.35. The predicted octanol–water partition coefficient (Wildman–Crippen LogP) is 4.43. The predicted molar refractivity (Wildman–Crippen MR) is 98.0 cm³/mol. The van der Waals surface area contributed by atoms with Gasteiger partial charge in [0.25, 0.3) is 0 Å². The fraction of sp³-hybridized carbons (Fsp3) is 0.316. The molecule has 2 aromatic carbocycles. The van der Waals surface area contributed by atoms with Gasteiger partial charge in [0.15, 0.2) is 5.11 Å². The summed E-state index contributed by atoms with van der Waals surface area (Å²) in [5.41, 5.74) is 2.48. The van der Waals surface area contributed by atoms with Crippen LogP contribution in [0.4, 0.5) is 0 Å². The van der Waals surface area contributed by atoms with Gasteiger partial charge in [0.05, 0.1) is 6.04 Å². The molecular formula is C19H22N2S. The number of likely N-dealkylation sites (tertiary alicyclic amines) is 1. The van der Waals surface area contributed by atoms with Crippen LogP contribution in [0.3, 0.4) is 0 Å². The van der Waals surface area contributed by atoms with E-state index in [2.05, 4.69) is 59.3 Å². The van der Waals surface area contributed by atoms with E-state index in [1.165, 1.54) is 22.8 Å². The number of hydrogen-bond acceptors (Lipinski definition) is 1. The maximum atomic E-state index is 5.61. The molecule has 22 heavy (non-hydrogen) atoms. The Labute approximate surface area is 137 Å². The Balaban J connectivity index is 1.89. The number of fused-ring (bicyclic) bond motifs is 1. The van der Waals surface area contributed by atoms with Crippen molar-refractivity contribution < 1.29 is 0 Å². The molecule has 1 atom stereocenters. The number of rotatable bonds is 3. The summed E-state index contributed by atoms with van der Waals surface area (Å²) >= 11 is 5.61. The molecule has 0 spiro atoms. The molecule has 0 saturated carbocycles. The van der Waals surface area contributed by atoms with Crippen LogP contribution in [0.25, 0.3) is 10.8 Å². The molecule has 1 saturated heterocycles. The van der Waals surface area contributed by atoms with Gasteiger partial charge in [0.1, 0.15) is 0 Å². The van der Waals surface area contributed by atoms with E-state index in [-0.39, 0.29) is 0 Å². The lowest BCUT2D eigenvalue weighted by Crippen LogP contribution is -2.39. The first kappa shape index (κ1) is 15.0. The lowest BCUT2D eigenvalue weighted by molar-refractivity contribution is 0.397. The Bertz CT molecular complexity index is 702. The van der Waals surface area contributed by atoms with Crippen LogP contribution < -0.4 is 5.32 Å². The quantitative estimate of drug-likeness (QED) is 0.667. The molecule has 114 valence electrons.